The maximum Gasteiger partial charge on any atom is 0.412 e. The van der Waals surface area contributed by atoms with E-state index in [0.717, 1.165) is 22.3 Å². The van der Waals surface area contributed by atoms with E-state index in [1.807, 2.05) is 42.5 Å². The van der Waals surface area contributed by atoms with Crippen molar-refractivity contribution < 1.29 is 19.4 Å². The number of halogens is 1. The number of piperidine rings is 1. The SMILES string of the molecule is O=C1Nc2ccc(Cl)cc2[C@@]2(CCCN(C(=O)[C@H](Cc3ccccc3)Nc3ccc(-c4ccc(O)nc4)cn3)C2)O1. The lowest BCUT2D eigenvalue weighted by molar-refractivity contribution is -0.139. The van der Waals surface area contributed by atoms with Crippen molar-refractivity contribution in [2.45, 2.75) is 30.9 Å². The molecule has 0 saturated carbocycles. The molecule has 3 N–H and O–H groups in total. The number of anilines is 2. The molecular weight excluding hydrogens is 542 g/mol. The molecule has 1 spiro atoms. The van der Waals surface area contributed by atoms with Crippen molar-refractivity contribution in [3.05, 3.63) is 101 Å². The average Bonchev–Trinajstić information content (AvgIpc) is 2.98. The number of aromatic hydroxyl groups is 1. The molecule has 2 aliphatic rings. The van der Waals surface area contributed by atoms with Crippen LogP contribution in [0.1, 0.15) is 24.0 Å². The Kier molecular flexibility index (Phi) is 7.19. The number of nitrogens with zero attached hydrogens (tertiary/aromatic N) is 3. The molecule has 6 rings (SSSR count). The Morgan fingerprint density at radius 2 is 1.85 bits per heavy atom. The predicted octanol–water partition coefficient (Wildman–Crippen LogP) is 5.61. The van der Waals surface area contributed by atoms with Gasteiger partial charge in [-0.3, -0.25) is 10.1 Å². The number of hydrogen-bond donors (Lipinski definition) is 3. The van der Waals surface area contributed by atoms with E-state index in [1.165, 1.54) is 6.07 Å². The Labute approximate surface area is 242 Å². The highest BCUT2D eigenvalue weighted by Crippen LogP contribution is 2.43. The van der Waals surface area contributed by atoms with Gasteiger partial charge in [-0.1, -0.05) is 41.9 Å². The van der Waals surface area contributed by atoms with Crippen molar-refractivity contribution in [1.82, 2.24) is 14.9 Å². The van der Waals surface area contributed by atoms with Crippen LogP contribution in [0.15, 0.2) is 85.2 Å². The van der Waals surface area contributed by atoms with Gasteiger partial charge in [0.25, 0.3) is 0 Å². The van der Waals surface area contributed by atoms with Gasteiger partial charge in [0.1, 0.15) is 11.9 Å². The zero-order valence-corrected chi connectivity index (χ0v) is 22.8. The number of benzene rings is 2. The highest BCUT2D eigenvalue weighted by molar-refractivity contribution is 6.30. The second kappa shape index (κ2) is 11.1. The van der Waals surface area contributed by atoms with E-state index in [9.17, 15) is 14.7 Å². The van der Waals surface area contributed by atoms with Gasteiger partial charge in [0.15, 0.2) is 5.60 Å². The zero-order valence-electron chi connectivity index (χ0n) is 22.1. The van der Waals surface area contributed by atoms with Crippen LogP contribution >= 0.6 is 11.6 Å². The molecule has 0 radical (unpaired) electrons. The summed E-state index contributed by atoms with van der Waals surface area (Å²) in [6.07, 6.45) is 4.43. The number of hydrogen-bond acceptors (Lipinski definition) is 7. The first-order valence-corrected chi connectivity index (χ1v) is 13.8. The Balaban J connectivity index is 1.26. The fraction of sp³-hybridized carbons (Fsp3) is 0.226. The molecule has 2 aromatic heterocycles. The maximum absolute atomic E-state index is 14.1. The van der Waals surface area contributed by atoms with Crippen LogP contribution < -0.4 is 10.6 Å². The molecule has 2 atom stereocenters. The molecule has 1 fully saturated rings. The lowest BCUT2D eigenvalue weighted by Crippen LogP contribution is -2.56. The Hall–Kier alpha value is -4.63. The molecule has 2 aliphatic heterocycles. The molecule has 10 heteroatoms. The zero-order chi connectivity index (χ0) is 28.4. The molecule has 0 aliphatic carbocycles. The summed E-state index contributed by atoms with van der Waals surface area (Å²) in [6.45, 7) is 0.758. The third-order valence-electron chi connectivity index (χ3n) is 7.51. The van der Waals surface area contributed by atoms with Gasteiger partial charge in [-0.25, -0.2) is 14.8 Å². The van der Waals surface area contributed by atoms with Crippen molar-refractivity contribution in [3.63, 3.8) is 0 Å². The number of fused-ring (bicyclic) bond motifs is 2. The van der Waals surface area contributed by atoms with E-state index in [2.05, 4.69) is 20.6 Å². The van der Waals surface area contributed by atoms with E-state index in [4.69, 9.17) is 16.3 Å². The summed E-state index contributed by atoms with van der Waals surface area (Å²) < 4.78 is 5.90. The van der Waals surface area contributed by atoms with E-state index in [-0.39, 0.29) is 18.3 Å². The van der Waals surface area contributed by atoms with Gasteiger partial charge < -0.3 is 20.1 Å². The van der Waals surface area contributed by atoms with Crippen molar-refractivity contribution in [1.29, 1.82) is 0 Å². The molecule has 0 bridgehead atoms. The largest absolute Gasteiger partial charge is 0.493 e. The third kappa shape index (κ3) is 5.67. The Bertz CT molecular complexity index is 1570. The molecule has 4 heterocycles. The fourth-order valence-corrected chi connectivity index (χ4v) is 5.71. The highest BCUT2D eigenvalue weighted by atomic mass is 35.5. The smallest absolute Gasteiger partial charge is 0.412 e. The quantitative estimate of drug-likeness (QED) is 0.276. The van der Waals surface area contributed by atoms with Crippen LogP contribution in [0.3, 0.4) is 0 Å². The van der Waals surface area contributed by atoms with Gasteiger partial charge in [-0.15, -0.1) is 0 Å². The van der Waals surface area contributed by atoms with Gasteiger partial charge in [0.05, 0.1) is 12.2 Å². The number of aromatic nitrogens is 2. The summed E-state index contributed by atoms with van der Waals surface area (Å²) in [5.41, 5.74) is 3.09. The molecule has 1 saturated heterocycles. The predicted molar refractivity (Wildman–Crippen MR) is 156 cm³/mol. The second-order valence-corrected chi connectivity index (χ2v) is 10.7. The number of ether oxygens (including phenoxy) is 1. The molecule has 2 amide bonds. The first-order valence-electron chi connectivity index (χ1n) is 13.4. The van der Waals surface area contributed by atoms with Gasteiger partial charge in [0.2, 0.25) is 11.8 Å². The maximum atomic E-state index is 14.1. The number of carbonyl (C=O) groups is 2. The van der Waals surface area contributed by atoms with Crippen LogP contribution in [0.2, 0.25) is 5.02 Å². The molecule has 9 nitrogen and oxygen atoms in total. The van der Waals surface area contributed by atoms with E-state index in [0.29, 0.717) is 42.3 Å². The monoisotopic (exact) mass is 569 g/mol. The summed E-state index contributed by atoms with van der Waals surface area (Å²) in [7, 11) is 0. The minimum Gasteiger partial charge on any atom is -0.493 e. The summed E-state index contributed by atoms with van der Waals surface area (Å²) in [5, 5.41) is 16.1. The lowest BCUT2D eigenvalue weighted by Gasteiger charge is -2.45. The minimum atomic E-state index is -0.980. The first-order chi connectivity index (χ1) is 19.9. The number of nitrogens with one attached hydrogen (secondary N) is 2. The fourth-order valence-electron chi connectivity index (χ4n) is 5.54. The molecule has 0 unspecified atom stereocenters. The number of pyridine rings is 2. The Morgan fingerprint density at radius 1 is 1.07 bits per heavy atom. The van der Waals surface area contributed by atoms with Gasteiger partial charge in [0, 0.05) is 53.1 Å². The highest BCUT2D eigenvalue weighted by Gasteiger charge is 2.47. The van der Waals surface area contributed by atoms with E-state index < -0.39 is 17.7 Å². The van der Waals surface area contributed by atoms with Gasteiger partial charge in [-0.05, 0) is 54.8 Å². The van der Waals surface area contributed by atoms with Crippen LogP contribution in [0.25, 0.3) is 11.1 Å². The topological polar surface area (TPSA) is 117 Å². The second-order valence-electron chi connectivity index (χ2n) is 10.3. The summed E-state index contributed by atoms with van der Waals surface area (Å²) in [5.74, 6) is 0.388. The van der Waals surface area contributed by atoms with Crippen LogP contribution in [0, 0.1) is 0 Å². The number of amides is 2. The van der Waals surface area contributed by atoms with Crippen LogP contribution in [-0.4, -0.2) is 51.1 Å². The van der Waals surface area contributed by atoms with E-state index >= 15 is 0 Å². The van der Waals surface area contributed by atoms with Crippen LogP contribution in [-0.2, 0) is 21.6 Å². The summed E-state index contributed by atoms with van der Waals surface area (Å²) in [4.78, 5) is 36.9. The molecule has 41 heavy (non-hydrogen) atoms. The number of carbonyl (C=O) groups excluding carboxylic acids is 2. The van der Waals surface area contributed by atoms with Crippen molar-refractivity contribution in [2.75, 3.05) is 23.7 Å². The van der Waals surface area contributed by atoms with E-state index in [1.54, 1.807) is 41.6 Å². The third-order valence-corrected chi connectivity index (χ3v) is 7.75. The Morgan fingerprint density at radius 3 is 2.59 bits per heavy atom. The number of rotatable bonds is 6. The van der Waals surface area contributed by atoms with Gasteiger partial charge in [-0.2, -0.15) is 0 Å². The standard InChI is InChI=1S/C31H28ClN5O4/c32-23-9-10-25-24(16-23)31(41-30(40)36-25)13-4-14-37(19-31)29(39)26(15-20-5-2-1-3-6-20)35-27-11-7-21(17-33-27)22-8-12-28(38)34-18-22/h1-3,5-12,16-18,26H,4,13-15,19H2,(H,33,35)(H,34,38)(H,36,40)/t26-,31-/m0/s1. The average molecular weight is 570 g/mol. The lowest BCUT2D eigenvalue weighted by atomic mass is 9.83. The molecular formula is C31H28ClN5O4. The first kappa shape index (κ1) is 26.6. The molecule has 4 aromatic rings. The van der Waals surface area contributed by atoms with Crippen LogP contribution in [0.5, 0.6) is 5.88 Å². The summed E-state index contributed by atoms with van der Waals surface area (Å²) in [6, 6.07) is 21.5. The van der Waals surface area contributed by atoms with Gasteiger partial charge >= 0.3 is 6.09 Å². The van der Waals surface area contributed by atoms with Crippen molar-refractivity contribution in [3.8, 4) is 17.0 Å². The van der Waals surface area contributed by atoms with Crippen molar-refractivity contribution >= 4 is 35.1 Å². The number of likely N-dealkylation sites (tertiary alicyclic amines) is 1. The normalized spacial score (nSPS) is 18.7. The van der Waals surface area contributed by atoms with Crippen molar-refractivity contribution in [2.24, 2.45) is 0 Å². The van der Waals surface area contributed by atoms with Crippen LogP contribution in [0.4, 0.5) is 16.3 Å². The molecule has 2 aromatic carbocycles. The minimum absolute atomic E-state index is 0.0485. The summed E-state index contributed by atoms with van der Waals surface area (Å²) >= 11 is 6.32. The molecule has 208 valence electrons.